The lowest BCUT2D eigenvalue weighted by molar-refractivity contribution is -0.119. The van der Waals surface area contributed by atoms with Gasteiger partial charge in [0, 0.05) is 12.4 Å². The first-order valence-electron chi connectivity index (χ1n) is 4.21. The monoisotopic (exact) mass is 240 g/mol. The molecule has 0 saturated carbocycles. The molecule has 0 radical (unpaired) electrons. The summed E-state index contributed by atoms with van der Waals surface area (Å²) < 4.78 is 36.1. The van der Waals surface area contributed by atoms with Gasteiger partial charge in [0.25, 0.3) is 0 Å². The van der Waals surface area contributed by atoms with E-state index in [4.69, 9.17) is 5.11 Å². The van der Waals surface area contributed by atoms with Gasteiger partial charge < -0.3 is 10.0 Å². The van der Waals surface area contributed by atoms with Crippen LogP contribution in [0, 0.1) is 0 Å². The van der Waals surface area contributed by atoms with Crippen LogP contribution in [0.1, 0.15) is 18.7 Å². The van der Waals surface area contributed by atoms with Gasteiger partial charge in [0.1, 0.15) is 6.54 Å². The Morgan fingerprint density at radius 3 is 2.60 bits per heavy atom. The standard InChI is InChI=1S/C8H11F3N2OS/c1-5(14)6-3-15-7(12-6)13(2)4-8(9,10)11/h3,5,14H,4H2,1-2H3. The molecular formula is C8H11F3N2OS. The fourth-order valence-electron chi connectivity index (χ4n) is 0.980. The maximum atomic E-state index is 12.0. The molecule has 0 fully saturated rings. The lowest BCUT2D eigenvalue weighted by atomic mass is 10.3. The summed E-state index contributed by atoms with van der Waals surface area (Å²) in [5.74, 6) is 0. The summed E-state index contributed by atoms with van der Waals surface area (Å²) in [5, 5.41) is 11.0. The molecule has 0 saturated heterocycles. The molecule has 0 aliphatic rings. The molecule has 86 valence electrons. The van der Waals surface area contributed by atoms with Crippen LogP contribution in [0.3, 0.4) is 0 Å². The van der Waals surface area contributed by atoms with Crippen molar-refractivity contribution in [2.75, 3.05) is 18.5 Å². The van der Waals surface area contributed by atoms with Crippen LogP contribution in [0.2, 0.25) is 0 Å². The number of anilines is 1. The van der Waals surface area contributed by atoms with E-state index in [1.165, 1.54) is 14.0 Å². The van der Waals surface area contributed by atoms with Crippen LogP contribution in [0.25, 0.3) is 0 Å². The van der Waals surface area contributed by atoms with Gasteiger partial charge in [-0.3, -0.25) is 0 Å². The molecule has 1 aromatic rings. The molecule has 0 aliphatic carbocycles. The number of rotatable bonds is 3. The van der Waals surface area contributed by atoms with Gasteiger partial charge in [-0.15, -0.1) is 11.3 Å². The molecule has 0 aromatic carbocycles. The third-order valence-corrected chi connectivity index (χ3v) is 2.65. The Hall–Kier alpha value is -0.820. The molecule has 1 heterocycles. The van der Waals surface area contributed by atoms with Crippen molar-refractivity contribution in [2.24, 2.45) is 0 Å². The molecule has 1 N–H and O–H groups in total. The van der Waals surface area contributed by atoms with Crippen LogP contribution in [-0.4, -0.2) is 29.9 Å². The first-order valence-corrected chi connectivity index (χ1v) is 5.09. The number of aromatic nitrogens is 1. The topological polar surface area (TPSA) is 36.4 Å². The highest BCUT2D eigenvalue weighted by Crippen LogP contribution is 2.25. The number of aliphatic hydroxyl groups is 1. The zero-order chi connectivity index (χ0) is 11.6. The summed E-state index contributed by atoms with van der Waals surface area (Å²) >= 11 is 1.08. The molecular weight excluding hydrogens is 229 g/mol. The van der Waals surface area contributed by atoms with Crippen molar-refractivity contribution in [2.45, 2.75) is 19.2 Å². The predicted molar refractivity (Wildman–Crippen MR) is 52.1 cm³/mol. The van der Waals surface area contributed by atoms with Crippen molar-refractivity contribution in [3.05, 3.63) is 11.1 Å². The average molecular weight is 240 g/mol. The fourth-order valence-corrected chi connectivity index (χ4v) is 1.86. The van der Waals surface area contributed by atoms with Crippen molar-refractivity contribution in [1.29, 1.82) is 0 Å². The molecule has 0 aliphatic heterocycles. The van der Waals surface area contributed by atoms with E-state index in [0.29, 0.717) is 5.69 Å². The van der Waals surface area contributed by atoms with E-state index in [1.54, 1.807) is 5.38 Å². The molecule has 1 rings (SSSR count). The average Bonchev–Trinajstić information content (AvgIpc) is 2.47. The minimum Gasteiger partial charge on any atom is -0.387 e. The highest BCUT2D eigenvalue weighted by atomic mass is 32.1. The molecule has 3 nitrogen and oxygen atoms in total. The van der Waals surface area contributed by atoms with Gasteiger partial charge >= 0.3 is 6.18 Å². The summed E-state index contributed by atoms with van der Waals surface area (Å²) in [7, 11) is 1.32. The van der Waals surface area contributed by atoms with Gasteiger partial charge in [-0.25, -0.2) is 4.98 Å². The molecule has 1 aromatic heterocycles. The van der Waals surface area contributed by atoms with Crippen molar-refractivity contribution < 1.29 is 18.3 Å². The van der Waals surface area contributed by atoms with E-state index in [0.717, 1.165) is 16.2 Å². The number of halogens is 3. The summed E-state index contributed by atoms with van der Waals surface area (Å²) in [6.07, 6.45) is -5.00. The molecule has 15 heavy (non-hydrogen) atoms. The minimum atomic E-state index is -4.24. The zero-order valence-electron chi connectivity index (χ0n) is 8.25. The maximum absolute atomic E-state index is 12.0. The second-order valence-corrected chi connectivity index (χ2v) is 4.04. The van der Waals surface area contributed by atoms with Gasteiger partial charge in [-0.2, -0.15) is 13.2 Å². The largest absolute Gasteiger partial charge is 0.405 e. The summed E-state index contributed by atoms with van der Waals surface area (Å²) in [6.45, 7) is 0.475. The molecule has 1 unspecified atom stereocenters. The van der Waals surface area contributed by atoms with Crippen LogP contribution < -0.4 is 4.90 Å². The van der Waals surface area contributed by atoms with Crippen LogP contribution in [0.15, 0.2) is 5.38 Å². The number of aliphatic hydroxyl groups excluding tert-OH is 1. The van der Waals surface area contributed by atoms with Gasteiger partial charge in [0.2, 0.25) is 0 Å². The van der Waals surface area contributed by atoms with E-state index in [-0.39, 0.29) is 5.13 Å². The van der Waals surface area contributed by atoms with Gasteiger partial charge in [-0.1, -0.05) is 0 Å². The smallest absolute Gasteiger partial charge is 0.387 e. The van der Waals surface area contributed by atoms with Crippen LogP contribution >= 0.6 is 11.3 Å². The van der Waals surface area contributed by atoms with E-state index in [2.05, 4.69) is 4.98 Å². The van der Waals surface area contributed by atoms with Gasteiger partial charge in [0.05, 0.1) is 11.8 Å². The number of hydrogen-bond acceptors (Lipinski definition) is 4. The Morgan fingerprint density at radius 2 is 2.20 bits per heavy atom. The van der Waals surface area contributed by atoms with Gasteiger partial charge in [0.15, 0.2) is 5.13 Å². The second kappa shape index (κ2) is 4.36. The Bertz CT molecular complexity index is 324. The van der Waals surface area contributed by atoms with E-state index in [1.807, 2.05) is 0 Å². The van der Waals surface area contributed by atoms with Gasteiger partial charge in [-0.05, 0) is 6.92 Å². The van der Waals surface area contributed by atoms with Crippen LogP contribution in [0.4, 0.5) is 18.3 Å². The highest BCUT2D eigenvalue weighted by Gasteiger charge is 2.30. The normalized spacial score (nSPS) is 14.0. The third kappa shape index (κ3) is 3.67. The Labute approximate surface area is 89.2 Å². The lowest BCUT2D eigenvalue weighted by Crippen LogP contribution is -2.30. The van der Waals surface area contributed by atoms with Crippen LogP contribution in [0.5, 0.6) is 0 Å². The number of thiazole rings is 1. The van der Waals surface area contributed by atoms with Crippen molar-refractivity contribution in [3.63, 3.8) is 0 Å². The molecule has 0 bridgehead atoms. The van der Waals surface area contributed by atoms with Crippen molar-refractivity contribution in [3.8, 4) is 0 Å². The Morgan fingerprint density at radius 1 is 1.60 bits per heavy atom. The fraction of sp³-hybridized carbons (Fsp3) is 0.625. The zero-order valence-corrected chi connectivity index (χ0v) is 9.06. The lowest BCUT2D eigenvalue weighted by Gasteiger charge is -2.17. The number of nitrogens with zero attached hydrogens (tertiary/aromatic N) is 2. The predicted octanol–water partition coefficient (Wildman–Crippen LogP) is 2.19. The molecule has 0 spiro atoms. The van der Waals surface area contributed by atoms with Crippen LogP contribution in [-0.2, 0) is 0 Å². The van der Waals surface area contributed by atoms with Crippen molar-refractivity contribution in [1.82, 2.24) is 4.98 Å². The van der Waals surface area contributed by atoms with Crippen molar-refractivity contribution >= 4 is 16.5 Å². The van der Waals surface area contributed by atoms with E-state index >= 15 is 0 Å². The van der Waals surface area contributed by atoms with E-state index < -0.39 is 18.8 Å². The quantitative estimate of drug-likeness (QED) is 0.879. The highest BCUT2D eigenvalue weighted by molar-refractivity contribution is 7.13. The first kappa shape index (κ1) is 12.3. The third-order valence-electron chi connectivity index (χ3n) is 1.68. The Kier molecular flexibility index (Phi) is 3.56. The first-order chi connectivity index (χ1) is 6.79. The minimum absolute atomic E-state index is 0.253. The second-order valence-electron chi connectivity index (χ2n) is 3.20. The SMILES string of the molecule is CC(O)c1csc(N(C)CC(F)(F)F)n1. The summed E-state index contributed by atoms with van der Waals surface area (Å²) in [6, 6.07) is 0. The van der Waals surface area contributed by atoms with E-state index in [9.17, 15) is 13.2 Å². The summed E-state index contributed by atoms with van der Waals surface area (Å²) in [4.78, 5) is 4.90. The number of alkyl halides is 3. The molecule has 7 heteroatoms. The molecule has 1 atom stereocenters. The number of hydrogen-bond donors (Lipinski definition) is 1. The Balaban J connectivity index is 2.70. The maximum Gasteiger partial charge on any atom is 0.405 e. The molecule has 0 amide bonds. The summed E-state index contributed by atoms with van der Waals surface area (Å²) in [5.41, 5.74) is 0.393.